The molecule has 6 heterocycles. The molecule has 41 heteroatoms. The zero-order valence-electron chi connectivity index (χ0n) is 73.2. The number of fused-ring (bicyclic) bond motifs is 3. The van der Waals surface area contributed by atoms with Crippen molar-refractivity contribution in [3.63, 3.8) is 0 Å². The van der Waals surface area contributed by atoms with Gasteiger partial charge >= 0.3 is 29.2 Å². The van der Waals surface area contributed by atoms with Gasteiger partial charge in [0.05, 0.1) is 63.9 Å². The number of aldehydes is 1. The van der Waals surface area contributed by atoms with Crippen molar-refractivity contribution >= 4 is 182 Å². The maximum atomic E-state index is 15.0. The summed E-state index contributed by atoms with van der Waals surface area (Å²) in [6.45, 7) is 10.9. The number of esters is 1. The number of nitrogens with zero attached hydrogens (tertiary/aromatic N) is 9. The molecule has 0 saturated carbocycles. The number of rotatable bonds is 28. The van der Waals surface area contributed by atoms with E-state index >= 15 is 4.39 Å². The quantitative estimate of drug-likeness (QED) is 0.00787. The summed E-state index contributed by atoms with van der Waals surface area (Å²) in [4.78, 5) is 179. The van der Waals surface area contributed by atoms with Gasteiger partial charge < -0.3 is 46.5 Å². The second-order valence-corrected chi connectivity index (χ2v) is 34.0. The van der Waals surface area contributed by atoms with Crippen LogP contribution in [0.15, 0.2) is 201 Å². The van der Waals surface area contributed by atoms with E-state index in [1.165, 1.54) is 126 Å². The Morgan fingerprint density at radius 3 is 0.993 bits per heavy atom. The number of benzene rings is 7. The number of amides is 3. The predicted octanol–water partition coefficient (Wildman–Crippen LogP) is 15.6. The molecule has 0 unspecified atom stereocenters. The largest absolute Gasteiger partial charge is 0.466 e. The molecule has 0 aliphatic rings. The molecule has 0 bridgehead atoms. The van der Waals surface area contributed by atoms with Crippen LogP contribution in [0.4, 0.5) is 77.9 Å². The number of anilines is 9. The van der Waals surface area contributed by atoms with E-state index in [1.54, 1.807) is 97.9 Å². The van der Waals surface area contributed by atoms with E-state index in [0.29, 0.717) is 96.6 Å². The third-order valence-electron chi connectivity index (χ3n) is 20.5. The van der Waals surface area contributed by atoms with Crippen molar-refractivity contribution in [2.45, 2.75) is 142 Å². The van der Waals surface area contributed by atoms with Gasteiger partial charge in [0, 0.05) is 126 Å². The van der Waals surface area contributed by atoms with Crippen LogP contribution in [0, 0.1) is 48.9 Å². The van der Waals surface area contributed by atoms with Gasteiger partial charge in [0.2, 0.25) is 24.0 Å². The number of aryl methyl sites for hydroxylation is 3. The molecule has 7 N–H and O–H groups in total. The highest BCUT2D eigenvalue weighted by Crippen LogP contribution is 2.33. The van der Waals surface area contributed by atoms with Crippen LogP contribution in [0.1, 0.15) is 111 Å². The van der Waals surface area contributed by atoms with Gasteiger partial charge in [-0.15, -0.1) is 0 Å². The van der Waals surface area contributed by atoms with Crippen molar-refractivity contribution in [1.29, 1.82) is 0 Å². The maximum Gasteiger partial charge on any atom is 0.446 e. The fourth-order valence-corrected chi connectivity index (χ4v) is 15.8. The number of aliphatic hydroxyl groups is 1. The van der Waals surface area contributed by atoms with Gasteiger partial charge in [-0.05, 0) is 242 Å². The Morgan fingerprint density at radius 1 is 0.412 bits per heavy atom. The van der Waals surface area contributed by atoms with E-state index in [0.717, 1.165) is 19.3 Å². The Balaban J connectivity index is 0.000000267. The van der Waals surface area contributed by atoms with E-state index in [2.05, 4.69) is 31.9 Å². The van der Waals surface area contributed by atoms with E-state index in [-0.39, 0.29) is 157 Å². The van der Waals surface area contributed by atoms with Gasteiger partial charge in [-0.2, -0.15) is 13.2 Å². The molecule has 0 radical (unpaired) electrons. The zero-order valence-corrected chi connectivity index (χ0v) is 79.7. The van der Waals surface area contributed by atoms with Crippen molar-refractivity contribution in [3.05, 3.63) is 302 Å². The van der Waals surface area contributed by atoms with Crippen LogP contribution in [0.2, 0.25) is 0 Å². The molecule has 32 nitrogen and oxygen atoms in total. The number of aliphatic hydroxyl groups excluding tert-OH is 1. The minimum atomic E-state index is -4.64. The number of alkyl halides is 3. The first-order valence-corrected chi connectivity index (χ1v) is 44.2. The molecule has 13 aromatic rings. The predicted molar refractivity (Wildman–Crippen MR) is 541 cm³/mol. The number of nitrogens with one attached hydrogen (secondary N) is 6. The number of pyridine rings is 3. The molecular weight excluding hydrogens is 2120 g/mol. The molecule has 722 valence electrons. The molecule has 0 aliphatic carbocycles. The minimum absolute atomic E-state index is 0. The highest BCUT2D eigenvalue weighted by atomic mass is 127. The first-order chi connectivity index (χ1) is 63.1. The van der Waals surface area contributed by atoms with Crippen LogP contribution in [0.5, 0.6) is 0 Å². The lowest BCUT2D eigenvalue weighted by atomic mass is 10.1. The summed E-state index contributed by atoms with van der Waals surface area (Å²) in [6.07, 6.45) is -3.21. The summed E-state index contributed by atoms with van der Waals surface area (Å²) in [7, 11) is 4.41. The molecule has 136 heavy (non-hydrogen) atoms. The Bertz CT molecular complexity index is 7290. The van der Waals surface area contributed by atoms with Gasteiger partial charge in [-0.25, -0.2) is 27.6 Å². The molecule has 0 spiro atoms. The second-order valence-electron chi connectivity index (χ2n) is 30.2. The number of hydrogen-bond donors (Lipinski definition) is 7. The molecule has 3 amide bonds. The van der Waals surface area contributed by atoms with E-state index in [4.69, 9.17) is 14.3 Å². The molecule has 0 aliphatic heterocycles. The molecule has 0 fully saturated rings. The Labute approximate surface area is 815 Å². The maximum absolute atomic E-state index is 15.0. The van der Waals surface area contributed by atoms with E-state index < -0.39 is 86.3 Å². The number of carbonyl (C=O) groups is 5. The smallest absolute Gasteiger partial charge is 0.446 e. The lowest BCUT2D eigenvalue weighted by molar-refractivity contribution is -0.156. The molecule has 0 saturated heterocycles. The van der Waals surface area contributed by atoms with Gasteiger partial charge in [0.25, 0.3) is 33.4 Å². The second kappa shape index (κ2) is 48.9. The monoisotopic (exact) mass is 2220 g/mol. The molecule has 7 aromatic carbocycles. The van der Waals surface area contributed by atoms with Crippen molar-refractivity contribution in [3.8, 4) is 17.1 Å². The number of ether oxygens (including phenoxy) is 2. The Morgan fingerprint density at radius 2 is 0.713 bits per heavy atom. The number of unbranched alkanes of at least 4 members (excludes halogenated alkanes) is 3. The Kier molecular flexibility index (Phi) is 39.5. The van der Waals surface area contributed by atoms with Crippen molar-refractivity contribution in [2.24, 2.45) is 21.1 Å². The summed E-state index contributed by atoms with van der Waals surface area (Å²) < 4.78 is 99.5. The van der Waals surface area contributed by atoms with Crippen molar-refractivity contribution < 1.29 is 64.9 Å². The van der Waals surface area contributed by atoms with Crippen LogP contribution >= 0.6 is 67.8 Å². The molecular formula is C95H102F6I3N15O17. The van der Waals surface area contributed by atoms with Crippen molar-refractivity contribution in [1.82, 2.24) is 41.1 Å². The van der Waals surface area contributed by atoms with E-state index in [1.807, 2.05) is 98.1 Å². The summed E-state index contributed by atoms with van der Waals surface area (Å²) in [5, 5.41) is 26.1. The van der Waals surface area contributed by atoms with Gasteiger partial charge in [0.1, 0.15) is 51.1 Å². The molecule has 13 rings (SSSR count). The highest BCUT2D eigenvalue weighted by molar-refractivity contribution is 14.1. The van der Waals surface area contributed by atoms with Crippen molar-refractivity contribution in [2.75, 3.05) is 51.7 Å². The van der Waals surface area contributed by atoms with Crippen LogP contribution in [-0.4, -0.2) is 102 Å². The minimum Gasteiger partial charge on any atom is -0.466 e. The average molecular weight is 2220 g/mol. The number of hydrogen-bond acceptors (Lipinski definition) is 20. The molecule has 6 aromatic heterocycles. The fraction of sp³-hybridized carbons (Fsp3) is 0.284. The lowest BCUT2D eigenvalue weighted by Gasteiger charge is -2.21. The zero-order chi connectivity index (χ0) is 97.3. The standard InChI is InChI=1S/C34H33FIN5O5.C29H29FIN5O6.C27H27FIN5O5.C2HF3O.3CH4/c1-21-30-29(31(39(3)32(21)43)38-28-15-14-24(36)18-27(28)35)33(44)40(16-7-8-17-46-20-23-10-5-4-6-11-23)34(45)41(30)26-13-9-12-25(19-26)37-22(2)42;1-16-25-24(26(34(4)27(16)39)33-23-11-10-19(31)14-22(23)30)28(40)35(12-5-6-13-42-18(3)38)29(41)36(25)21-9-7-8-20(15-21)32-17(2)37;1-15-23-22(24(32(3)25(15)37)31-21-10-9-17(29)13-20(21)28)26(38)33(11-4-5-12-35)27(39)34(23)19-8-6-7-18(14-19)30-16(2)36;3-2(4,5)1-6;;;/h4-6,9-15,18-19,38H,7-8,16-17,20H2,1-3H3,(H,37,42);7-11,14-15,33H,5-6,12-13H2,1-4H3,(H,32,37);6-10,13-14,31,35H,4-5,11-12H2,1-3H3,(H,30,36);1H;3*1H4. The average Bonchev–Trinajstić information content (AvgIpc) is 0.733. The van der Waals surface area contributed by atoms with Crippen LogP contribution in [-0.2, 0) is 80.8 Å². The summed E-state index contributed by atoms with van der Waals surface area (Å²) in [6, 6.07) is 42.8. The molecule has 0 atom stereocenters. The lowest BCUT2D eigenvalue weighted by Crippen LogP contribution is -2.41. The Hall–Kier alpha value is -13.2. The number of halogens is 9. The van der Waals surface area contributed by atoms with Gasteiger partial charge in [-0.1, -0.05) is 70.8 Å². The normalized spacial score (nSPS) is 10.9. The van der Waals surface area contributed by atoms with Gasteiger partial charge in [0.15, 0.2) is 0 Å². The van der Waals surface area contributed by atoms with Gasteiger partial charge in [-0.3, -0.25) is 93.8 Å². The number of carbonyl (C=O) groups excluding carboxylic acids is 5. The topological polar surface area (TPSA) is 394 Å². The first-order valence-electron chi connectivity index (χ1n) is 40.9. The van der Waals surface area contributed by atoms with Crippen LogP contribution < -0.4 is 82.3 Å². The summed E-state index contributed by atoms with van der Waals surface area (Å²) in [5.74, 6) is -3.04. The third kappa shape index (κ3) is 26.3. The van der Waals surface area contributed by atoms with Crippen LogP contribution in [0.3, 0.4) is 0 Å². The SMILES string of the molecule is C.C.C.CC(=O)Nc1cccc(-n2c(=O)n(CCCCO)c(=O)c3c(Nc4ccc(I)cc4F)n(C)c(=O)c(C)c32)c1.CC(=O)Nc1cccc(-n2c(=O)n(CCCCOC(C)=O)c(=O)c3c(Nc4ccc(I)cc4F)n(C)c(=O)c(C)c32)c1.CC(=O)Nc1cccc(-n2c(=O)n(CCCCOCc3ccccc3)c(=O)c3c(Nc4ccc(I)cc4F)n(C)c(=O)c(C)c32)c1.O=CC(F)(F)F. The third-order valence-corrected chi connectivity index (χ3v) is 22.6. The van der Waals surface area contributed by atoms with Crippen LogP contribution in [0.25, 0.3) is 49.8 Å². The fourth-order valence-electron chi connectivity index (χ4n) is 14.4. The first kappa shape index (κ1) is 110. The highest BCUT2D eigenvalue weighted by Gasteiger charge is 2.30. The number of aromatic nitrogens is 9. The summed E-state index contributed by atoms with van der Waals surface area (Å²) >= 11 is 5.94. The summed E-state index contributed by atoms with van der Waals surface area (Å²) in [5.41, 5.74) is -1.42. The van der Waals surface area contributed by atoms with E-state index in [9.17, 15) is 89.4 Å².